The summed E-state index contributed by atoms with van der Waals surface area (Å²) in [4.78, 5) is 2.52. The summed E-state index contributed by atoms with van der Waals surface area (Å²) in [6.45, 7) is 7.32. The topological polar surface area (TPSA) is 48.3 Å². The number of morpholine rings is 1. The van der Waals surface area contributed by atoms with E-state index in [4.69, 9.17) is 4.74 Å². The summed E-state index contributed by atoms with van der Waals surface area (Å²) in [5, 5.41) is 12.8. The Hall–Kier alpha value is -0.630. The maximum atomic E-state index is 9.47. The molecule has 1 aliphatic carbocycles. The van der Waals surface area contributed by atoms with E-state index in [0.717, 1.165) is 32.5 Å². The van der Waals surface area contributed by atoms with Crippen molar-refractivity contribution >= 4 is 0 Å². The number of ether oxygens (including phenoxy) is 1. The Morgan fingerprint density at radius 3 is 2.95 bits per heavy atom. The summed E-state index contributed by atoms with van der Waals surface area (Å²) < 4.78 is 5.67. The first-order valence-electron chi connectivity index (χ1n) is 7.57. The van der Waals surface area contributed by atoms with Gasteiger partial charge in [0.25, 0.3) is 0 Å². The number of nitriles is 1. The average molecular weight is 265 g/mol. The molecule has 0 aromatic carbocycles. The molecule has 0 bridgehead atoms. The fraction of sp³-hybridized carbons (Fsp3) is 0.933. The third kappa shape index (κ3) is 3.10. The molecule has 4 atom stereocenters. The summed E-state index contributed by atoms with van der Waals surface area (Å²) in [5.74, 6) is 0.493. The molecule has 2 rings (SSSR count). The van der Waals surface area contributed by atoms with Crippen molar-refractivity contribution in [2.24, 2.45) is 5.92 Å². The van der Waals surface area contributed by atoms with Gasteiger partial charge in [0.15, 0.2) is 0 Å². The Morgan fingerprint density at radius 1 is 1.47 bits per heavy atom. The van der Waals surface area contributed by atoms with Crippen LogP contribution in [0.4, 0.5) is 0 Å². The van der Waals surface area contributed by atoms with Crippen LogP contribution in [0.3, 0.4) is 0 Å². The Balaban J connectivity index is 1.89. The molecule has 1 N–H and O–H groups in total. The van der Waals surface area contributed by atoms with Crippen molar-refractivity contribution in [3.05, 3.63) is 0 Å². The SMILES string of the molecule is CNC1(C#N)CCCC1CCN1CC(C)OCC1C. The highest BCUT2D eigenvalue weighted by Gasteiger charge is 2.42. The van der Waals surface area contributed by atoms with Crippen LogP contribution in [0, 0.1) is 17.2 Å². The molecule has 4 unspecified atom stereocenters. The van der Waals surface area contributed by atoms with Gasteiger partial charge in [-0.05, 0) is 52.6 Å². The van der Waals surface area contributed by atoms with Crippen LogP contribution in [0.5, 0.6) is 0 Å². The molecule has 1 saturated heterocycles. The Kier molecular flexibility index (Phi) is 4.83. The molecule has 1 heterocycles. The maximum absolute atomic E-state index is 9.47. The average Bonchev–Trinajstić information content (AvgIpc) is 2.83. The molecule has 4 nitrogen and oxygen atoms in total. The number of nitrogens with zero attached hydrogens (tertiary/aromatic N) is 2. The van der Waals surface area contributed by atoms with Crippen molar-refractivity contribution in [3.8, 4) is 6.07 Å². The van der Waals surface area contributed by atoms with Crippen LogP contribution in [0.1, 0.15) is 39.5 Å². The highest BCUT2D eigenvalue weighted by Crippen LogP contribution is 2.37. The smallest absolute Gasteiger partial charge is 0.109 e. The van der Waals surface area contributed by atoms with Gasteiger partial charge in [0, 0.05) is 12.6 Å². The zero-order chi connectivity index (χ0) is 13.9. The van der Waals surface area contributed by atoms with Crippen molar-refractivity contribution in [1.29, 1.82) is 5.26 Å². The molecule has 108 valence electrons. The van der Waals surface area contributed by atoms with Gasteiger partial charge >= 0.3 is 0 Å². The highest BCUT2D eigenvalue weighted by molar-refractivity contribution is 5.13. The standard InChI is InChI=1S/C15H27N3O/c1-12-10-19-13(2)9-18(12)8-6-14-5-4-7-15(14,11-16)17-3/h12-14,17H,4-10H2,1-3H3. The number of nitrogens with one attached hydrogen (secondary N) is 1. The van der Waals surface area contributed by atoms with Gasteiger partial charge in [-0.15, -0.1) is 0 Å². The van der Waals surface area contributed by atoms with Gasteiger partial charge in [-0.3, -0.25) is 4.90 Å². The highest BCUT2D eigenvalue weighted by atomic mass is 16.5. The summed E-state index contributed by atoms with van der Waals surface area (Å²) in [5.41, 5.74) is -0.277. The van der Waals surface area contributed by atoms with Crippen LogP contribution in [0.2, 0.25) is 0 Å². The first-order chi connectivity index (χ1) is 9.11. The summed E-state index contributed by atoms with van der Waals surface area (Å²) >= 11 is 0. The molecule has 0 aromatic rings. The molecule has 2 fully saturated rings. The summed E-state index contributed by atoms with van der Waals surface area (Å²) in [7, 11) is 1.93. The molecular weight excluding hydrogens is 238 g/mol. The fourth-order valence-electron chi connectivity index (χ4n) is 3.61. The third-order valence-electron chi connectivity index (χ3n) is 4.97. The largest absolute Gasteiger partial charge is 0.376 e. The van der Waals surface area contributed by atoms with E-state index in [1.165, 1.54) is 12.8 Å². The third-order valence-corrected chi connectivity index (χ3v) is 4.97. The molecule has 1 saturated carbocycles. The van der Waals surface area contributed by atoms with Gasteiger partial charge in [-0.1, -0.05) is 6.42 Å². The van der Waals surface area contributed by atoms with E-state index < -0.39 is 0 Å². The van der Waals surface area contributed by atoms with E-state index in [9.17, 15) is 5.26 Å². The fourth-order valence-corrected chi connectivity index (χ4v) is 3.61. The van der Waals surface area contributed by atoms with Gasteiger partial charge < -0.3 is 10.1 Å². The van der Waals surface area contributed by atoms with Crippen molar-refractivity contribution < 1.29 is 4.74 Å². The van der Waals surface area contributed by atoms with Crippen LogP contribution in [-0.4, -0.2) is 49.3 Å². The predicted octanol–water partition coefficient (Wildman–Crippen LogP) is 1.77. The monoisotopic (exact) mass is 265 g/mol. The van der Waals surface area contributed by atoms with Gasteiger partial charge in [0.2, 0.25) is 0 Å². The lowest BCUT2D eigenvalue weighted by atomic mass is 9.86. The number of hydrogen-bond acceptors (Lipinski definition) is 4. The van der Waals surface area contributed by atoms with Gasteiger partial charge in [-0.2, -0.15) is 5.26 Å². The van der Waals surface area contributed by atoms with Crippen molar-refractivity contribution in [3.63, 3.8) is 0 Å². The second kappa shape index (κ2) is 6.21. The lowest BCUT2D eigenvalue weighted by molar-refractivity contribution is -0.0511. The minimum Gasteiger partial charge on any atom is -0.376 e. The number of rotatable bonds is 4. The van der Waals surface area contributed by atoms with Gasteiger partial charge in [0.05, 0.1) is 18.8 Å². The van der Waals surface area contributed by atoms with E-state index in [0.29, 0.717) is 18.1 Å². The maximum Gasteiger partial charge on any atom is 0.109 e. The summed E-state index contributed by atoms with van der Waals surface area (Å²) in [6.07, 6.45) is 4.81. The zero-order valence-electron chi connectivity index (χ0n) is 12.5. The van der Waals surface area contributed by atoms with Gasteiger partial charge in [0.1, 0.15) is 5.54 Å². The van der Waals surface area contributed by atoms with Crippen molar-refractivity contribution in [2.75, 3.05) is 26.7 Å². The van der Waals surface area contributed by atoms with E-state index in [1.54, 1.807) is 0 Å². The second-order valence-corrected chi connectivity index (χ2v) is 6.20. The normalized spacial score (nSPS) is 40.2. The molecule has 0 radical (unpaired) electrons. The molecule has 0 aromatic heterocycles. The quantitative estimate of drug-likeness (QED) is 0.841. The lowest BCUT2D eigenvalue weighted by Crippen LogP contribution is -2.50. The Bertz CT molecular complexity index is 341. The van der Waals surface area contributed by atoms with Crippen LogP contribution in [0.25, 0.3) is 0 Å². The predicted molar refractivity (Wildman–Crippen MR) is 75.8 cm³/mol. The molecule has 0 amide bonds. The van der Waals surface area contributed by atoms with Crippen LogP contribution in [0.15, 0.2) is 0 Å². The molecule has 0 spiro atoms. The second-order valence-electron chi connectivity index (χ2n) is 6.20. The van der Waals surface area contributed by atoms with Crippen LogP contribution in [-0.2, 0) is 4.74 Å². The Morgan fingerprint density at radius 2 is 2.26 bits per heavy atom. The molecule has 19 heavy (non-hydrogen) atoms. The van der Waals surface area contributed by atoms with Gasteiger partial charge in [-0.25, -0.2) is 0 Å². The van der Waals surface area contributed by atoms with E-state index in [2.05, 4.69) is 30.1 Å². The Labute approximate surface area is 117 Å². The number of hydrogen-bond donors (Lipinski definition) is 1. The summed E-state index contributed by atoms with van der Waals surface area (Å²) in [6, 6.07) is 3.03. The lowest BCUT2D eigenvalue weighted by Gasteiger charge is -2.38. The van der Waals surface area contributed by atoms with Crippen LogP contribution < -0.4 is 5.32 Å². The minimum atomic E-state index is -0.277. The van der Waals surface area contributed by atoms with Crippen LogP contribution >= 0.6 is 0 Å². The molecular formula is C15H27N3O. The van der Waals surface area contributed by atoms with Crippen molar-refractivity contribution in [2.45, 2.75) is 57.2 Å². The van der Waals surface area contributed by atoms with E-state index >= 15 is 0 Å². The van der Waals surface area contributed by atoms with Crippen molar-refractivity contribution in [1.82, 2.24) is 10.2 Å². The first-order valence-corrected chi connectivity index (χ1v) is 7.57. The van der Waals surface area contributed by atoms with E-state index in [-0.39, 0.29) is 5.54 Å². The first kappa shape index (κ1) is 14.8. The zero-order valence-corrected chi connectivity index (χ0v) is 12.5. The molecule has 1 aliphatic heterocycles. The molecule has 4 heteroatoms. The minimum absolute atomic E-state index is 0.277. The molecule has 2 aliphatic rings. The van der Waals surface area contributed by atoms with E-state index in [1.807, 2.05) is 7.05 Å².